The smallest absolute Gasteiger partial charge is 0.223 e. The second kappa shape index (κ2) is 5.52. The lowest BCUT2D eigenvalue weighted by Crippen LogP contribution is -2.47. The lowest BCUT2D eigenvalue weighted by atomic mass is 10.0. The molecule has 2 fully saturated rings. The molecule has 0 aromatic carbocycles. The molecule has 0 bridgehead atoms. The quantitative estimate of drug-likeness (QED) is 0.788. The molecule has 1 saturated heterocycles. The molecule has 17 heavy (non-hydrogen) atoms. The summed E-state index contributed by atoms with van der Waals surface area (Å²) < 4.78 is 0. The number of amides is 2. The summed E-state index contributed by atoms with van der Waals surface area (Å²) in [6.07, 6.45) is 6.30. The maximum atomic E-state index is 11.9. The average Bonchev–Trinajstić information content (AvgIpc) is 2.83. The van der Waals surface area contributed by atoms with Crippen LogP contribution < -0.4 is 5.32 Å². The van der Waals surface area contributed by atoms with E-state index < -0.39 is 0 Å². The van der Waals surface area contributed by atoms with Crippen LogP contribution in [0.4, 0.5) is 0 Å². The lowest BCUT2D eigenvalue weighted by molar-refractivity contribution is -0.130. The first kappa shape index (κ1) is 12.4. The van der Waals surface area contributed by atoms with Crippen LogP contribution in [0.25, 0.3) is 0 Å². The van der Waals surface area contributed by atoms with E-state index >= 15 is 0 Å². The first-order valence-corrected chi connectivity index (χ1v) is 6.72. The summed E-state index contributed by atoms with van der Waals surface area (Å²) in [5.74, 6) is 0.634. The van der Waals surface area contributed by atoms with Crippen LogP contribution in [0.2, 0.25) is 0 Å². The summed E-state index contributed by atoms with van der Waals surface area (Å²) >= 11 is 0. The van der Waals surface area contributed by atoms with Gasteiger partial charge in [0.2, 0.25) is 11.8 Å². The van der Waals surface area contributed by atoms with Crippen molar-refractivity contribution in [3.8, 4) is 0 Å². The van der Waals surface area contributed by atoms with Crippen molar-refractivity contribution in [3.63, 3.8) is 0 Å². The molecule has 0 atom stereocenters. The molecule has 1 saturated carbocycles. The first-order valence-electron chi connectivity index (χ1n) is 6.72. The molecule has 2 amide bonds. The standard InChI is InChI=1S/C13H22N2O2/c1-10(16)15-8-6-12(7-9-15)14-13(17)11-4-2-3-5-11/h11-12H,2-9H2,1H3,(H,14,17). The Labute approximate surface area is 103 Å². The molecule has 1 aliphatic carbocycles. The Balaban J connectivity index is 1.74. The van der Waals surface area contributed by atoms with Crippen LogP contribution in [0.15, 0.2) is 0 Å². The number of likely N-dealkylation sites (tertiary alicyclic amines) is 1. The van der Waals surface area contributed by atoms with Crippen molar-refractivity contribution in [2.24, 2.45) is 5.92 Å². The molecule has 0 spiro atoms. The molecule has 0 aromatic rings. The second-order valence-corrected chi connectivity index (χ2v) is 5.27. The number of rotatable bonds is 2. The van der Waals surface area contributed by atoms with E-state index in [4.69, 9.17) is 0 Å². The average molecular weight is 238 g/mol. The van der Waals surface area contributed by atoms with Crippen molar-refractivity contribution in [1.29, 1.82) is 0 Å². The van der Waals surface area contributed by atoms with Gasteiger partial charge in [-0.25, -0.2) is 0 Å². The zero-order valence-electron chi connectivity index (χ0n) is 10.6. The van der Waals surface area contributed by atoms with Crippen LogP contribution in [-0.4, -0.2) is 35.8 Å². The fraction of sp³-hybridized carbons (Fsp3) is 0.846. The highest BCUT2D eigenvalue weighted by Gasteiger charge is 2.27. The number of carbonyl (C=O) groups excluding carboxylic acids is 2. The molecule has 2 rings (SSSR count). The summed E-state index contributed by atoms with van der Waals surface area (Å²) in [7, 11) is 0. The Morgan fingerprint density at radius 1 is 1.06 bits per heavy atom. The molecule has 96 valence electrons. The van der Waals surface area contributed by atoms with Gasteiger partial charge >= 0.3 is 0 Å². The van der Waals surface area contributed by atoms with Gasteiger partial charge in [-0.05, 0) is 25.7 Å². The summed E-state index contributed by atoms with van der Waals surface area (Å²) in [6.45, 7) is 3.17. The van der Waals surface area contributed by atoms with Gasteiger partial charge in [0.25, 0.3) is 0 Å². The topological polar surface area (TPSA) is 49.4 Å². The third-order valence-corrected chi connectivity index (χ3v) is 4.01. The molecular formula is C13H22N2O2. The molecule has 1 aliphatic heterocycles. The number of nitrogens with one attached hydrogen (secondary N) is 1. The largest absolute Gasteiger partial charge is 0.353 e. The summed E-state index contributed by atoms with van der Waals surface area (Å²) in [5, 5.41) is 3.14. The third-order valence-electron chi connectivity index (χ3n) is 4.01. The minimum atomic E-state index is 0.144. The Morgan fingerprint density at radius 2 is 1.65 bits per heavy atom. The number of hydrogen-bond acceptors (Lipinski definition) is 2. The summed E-state index contributed by atoms with van der Waals surface area (Å²) in [6, 6.07) is 0.277. The lowest BCUT2D eigenvalue weighted by Gasteiger charge is -2.32. The molecule has 4 heteroatoms. The van der Waals surface area contributed by atoms with Crippen molar-refractivity contribution in [2.45, 2.75) is 51.5 Å². The van der Waals surface area contributed by atoms with Crippen molar-refractivity contribution in [1.82, 2.24) is 10.2 Å². The van der Waals surface area contributed by atoms with Crippen LogP contribution >= 0.6 is 0 Å². The van der Waals surface area contributed by atoms with Gasteiger partial charge in [-0.1, -0.05) is 12.8 Å². The molecule has 0 radical (unpaired) electrons. The third kappa shape index (κ3) is 3.20. The van der Waals surface area contributed by atoms with Gasteiger partial charge < -0.3 is 10.2 Å². The molecule has 2 aliphatic rings. The minimum Gasteiger partial charge on any atom is -0.353 e. The first-order chi connectivity index (χ1) is 8.16. The summed E-state index contributed by atoms with van der Waals surface area (Å²) in [4.78, 5) is 25.0. The van der Waals surface area contributed by atoms with Gasteiger partial charge in [-0.2, -0.15) is 0 Å². The molecule has 0 aromatic heterocycles. The zero-order valence-corrected chi connectivity index (χ0v) is 10.6. The van der Waals surface area contributed by atoms with E-state index in [1.807, 2.05) is 4.90 Å². The predicted molar refractivity (Wildman–Crippen MR) is 65.4 cm³/mol. The predicted octanol–water partition coefficient (Wildman–Crippen LogP) is 1.30. The van der Waals surface area contributed by atoms with Crippen LogP contribution in [0.5, 0.6) is 0 Å². The molecule has 1 heterocycles. The monoisotopic (exact) mass is 238 g/mol. The van der Waals surface area contributed by atoms with Gasteiger partial charge in [0, 0.05) is 32.0 Å². The van der Waals surface area contributed by atoms with Gasteiger partial charge in [-0.3, -0.25) is 9.59 Å². The van der Waals surface area contributed by atoms with Gasteiger partial charge in [0.05, 0.1) is 0 Å². The van der Waals surface area contributed by atoms with Crippen LogP contribution in [0, 0.1) is 5.92 Å². The molecule has 1 N–H and O–H groups in total. The highest BCUT2D eigenvalue weighted by atomic mass is 16.2. The fourth-order valence-electron chi connectivity index (χ4n) is 2.85. The minimum absolute atomic E-state index is 0.144. The summed E-state index contributed by atoms with van der Waals surface area (Å²) in [5.41, 5.74) is 0. The molecular weight excluding hydrogens is 216 g/mol. The van der Waals surface area contributed by atoms with Crippen molar-refractivity contribution >= 4 is 11.8 Å². The van der Waals surface area contributed by atoms with Crippen LogP contribution in [-0.2, 0) is 9.59 Å². The highest BCUT2D eigenvalue weighted by molar-refractivity contribution is 5.79. The number of nitrogens with zero attached hydrogens (tertiary/aromatic N) is 1. The number of carbonyl (C=O) groups is 2. The van der Waals surface area contributed by atoms with E-state index in [2.05, 4.69) is 5.32 Å². The van der Waals surface area contributed by atoms with Crippen molar-refractivity contribution in [2.75, 3.05) is 13.1 Å². The Bertz CT molecular complexity index is 290. The van der Waals surface area contributed by atoms with E-state index in [1.54, 1.807) is 6.92 Å². The van der Waals surface area contributed by atoms with E-state index in [0.717, 1.165) is 38.8 Å². The Kier molecular flexibility index (Phi) is 4.02. The fourth-order valence-corrected chi connectivity index (χ4v) is 2.85. The van der Waals surface area contributed by atoms with E-state index in [9.17, 15) is 9.59 Å². The SMILES string of the molecule is CC(=O)N1CCC(NC(=O)C2CCCC2)CC1. The van der Waals surface area contributed by atoms with E-state index in [0.29, 0.717) is 0 Å². The van der Waals surface area contributed by atoms with E-state index in [-0.39, 0.29) is 23.8 Å². The van der Waals surface area contributed by atoms with Crippen LogP contribution in [0.3, 0.4) is 0 Å². The van der Waals surface area contributed by atoms with Crippen LogP contribution in [0.1, 0.15) is 45.4 Å². The zero-order chi connectivity index (χ0) is 12.3. The molecule has 4 nitrogen and oxygen atoms in total. The number of piperidine rings is 1. The van der Waals surface area contributed by atoms with Crippen molar-refractivity contribution < 1.29 is 9.59 Å². The normalized spacial score (nSPS) is 22.8. The van der Waals surface area contributed by atoms with E-state index in [1.165, 1.54) is 12.8 Å². The maximum absolute atomic E-state index is 11.9. The van der Waals surface area contributed by atoms with Gasteiger partial charge in [0.15, 0.2) is 0 Å². The maximum Gasteiger partial charge on any atom is 0.223 e. The van der Waals surface area contributed by atoms with Crippen molar-refractivity contribution in [3.05, 3.63) is 0 Å². The Hall–Kier alpha value is -1.06. The second-order valence-electron chi connectivity index (χ2n) is 5.27. The Morgan fingerprint density at radius 3 is 2.18 bits per heavy atom. The highest BCUT2D eigenvalue weighted by Crippen LogP contribution is 2.25. The van der Waals surface area contributed by atoms with Gasteiger partial charge in [-0.15, -0.1) is 0 Å². The van der Waals surface area contributed by atoms with Gasteiger partial charge in [0.1, 0.15) is 0 Å². The molecule has 0 unspecified atom stereocenters. The number of hydrogen-bond donors (Lipinski definition) is 1.